The quantitative estimate of drug-likeness (QED) is 0.615. The minimum absolute atomic E-state index is 0.155. The molecule has 0 unspecified atom stereocenters. The summed E-state index contributed by atoms with van der Waals surface area (Å²) in [6.07, 6.45) is 2.84. The van der Waals surface area contributed by atoms with Crippen LogP contribution >= 0.6 is 0 Å². The highest BCUT2D eigenvalue weighted by molar-refractivity contribution is 6.02. The molecule has 0 radical (unpaired) electrons. The molecule has 32 heavy (non-hydrogen) atoms. The molecule has 0 spiro atoms. The van der Waals surface area contributed by atoms with Crippen LogP contribution < -0.4 is 4.74 Å². The summed E-state index contributed by atoms with van der Waals surface area (Å²) in [5, 5.41) is 0. The van der Waals surface area contributed by atoms with Gasteiger partial charge in [-0.25, -0.2) is 9.59 Å². The Labute approximate surface area is 186 Å². The maximum atomic E-state index is 13.2. The molecule has 1 aliphatic rings. The van der Waals surface area contributed by atoms with E-state index in [2.05, 4.69) is 0 Å². The first-order chi connectivity index (χ1) is 15.5. The van der Waals surface area contributed by atoms with Crippen molar-refractivity contribution in [3.05, 3.63) is 89.3 Å². The number of carbonyl (C=O) groups excluding carboxylic acids is 3. The first-order valence-electron chi connectivity index (χ1n) is 10.3. The fourth-order valence-corrected chi connectivity index (χ4v) is 3.43. The van der Waals surface area contributed by atoms with Crippen LogP contribution in [-0.4, -0.2) is 43.1 Å². The molecule has 1 heterocycles. The van der Waals surface area contributed by atoms with Crippen LogP contribution in [-0.2, 0) is 19.1 Å². The smallest absolute Gasteiger partial charge is 0.336 e. The van der Waals surface area contributed by atoms with Crippen molar-refractivity contribution in [3.8, 4) is 5.75 Å². The molecule has 0 saturated carbocycles. The van der Waals surface area contributed by atoms with Gasteiger partial charge in [-0.2, -0.15) is 0 Å². The van der Waals surface area contributed by atoms with E-state index in [4.69, 9.17) is 14.2 Å². The third-order valence-corrected chi connectivity index (χ3v) is 4.91. The van der Waals surface area contributed by atoms with Gasteiger partial charge >= 0.3 is 11.9 Å². The van der Waals surface area contributed by atoms with Crippen LogP contribution in [0.2, 0.25) is 0 Å². The summed E-state index contributed by atoms with van der Waals surface area (Å²) in [5.41, 5.74) is 1.42. The van der Waals surface area contributed by atoms with E-state index in [0.29, 0.717) is 16.9 Å². The molecule has 1 aliphatic heterocycles. The van der Waals surface area contributed by atoms with Crippen molar-refractivity contribution < 1.29 is 28.6 Å². The number of benzene rings is 2. The second-order valence-electron chi connectivity index (χ2n) is 6.89. The number of hydrogen-bond donors (Lipinski definition) is 0. The lowest BCUT2D eigenvalue weighted by atomic mass is 9.83. The number of amides is 1. The molecule has 0 saturated heterocycles. The molecule has 3 rings (SSSR count). The van der Waals surface area contributed by atoms with E-state index in [-0.39, 0.29) is 24.4 Å². The van der Waals surface area contributed by atoms with E-state index in [1.54, 1.807) is 38.1 Å². The normalized spacial score (nSPS) is 13.7. The monoisotopic (exact) mass is 435 g/mol. The summed E-state index contributed by atoms with van der Waals surface area (Å²) in [7, 11) is 1.54. The molecule has 2 aromatic rings. The van der Waals surface area contributed by atoms with Crippen LogP contribution in [0.15, 0.2) is 78.1 Å². The number of ether oxygens (including phenoxy) is 3. The highest BCUT2D eigenvalue weighted by atomic mass is 16.5. The number of esters is 2. The van der Waals surface area contributed by atoms with Gasteiger partial charge in [0.2, 0.25) is 0 Å². The first-order valence-corrected chi connectivity index (χ1v) is 10.3. The fourth-order valence-electron chi connectivity index (χ4n) is 3.43. The van der Waals surface area contributed by atoms with Crippen molar-refractivity contribution in [1.29, 1.82) is 0 Å². The molecule has 166 valence electrons. The highest BCUT2D eigenvalue weighted by Crippen LogP contribution is 2.37. The van der Waals surface area contributed by atoms with Crippen LogP contribution in [0.25, 0.3) is 0 Å². The van der Waals surface area contributed by atoms with Gasteiger partial charge < -0.3 is 14.2 Å². The predicted octanol–water partition coefficient (Wildman–Crippen LogP) is 3.83. The zero-order chi connectivity index (χ0) is 23.1. The first kappa shape index (κ1) is 22.8. The third-order valence-electron chi connectivity index (χ3n) is 4.91. The lowest BCUT2D eigenvalue weighted by Crippen LogP contribution is -2.32. The van der Waals surface area contributed by atoms with Gasteiger partial charge in [0, 0.05) is 18.0 Å². The average molecular weight is 435 g/mol. The Bertz CT molecular complexity index is 1000. The van der Waals surface area contributed by atoms with Gasteiger partial charge in [0.15, 0.2) is 0 Å². The number of hydrogen-bond acceptors (Lipinski definition) is 6. The summed E-state index contributed by atoms with van der Waals surface area (Å²) < 4.78 is 15.6. The number of methoxy groups -OCH3 is 1. The fraction of sp³-hybridized carbons (Fsp3) is 0.240. The number of carbonyl (C=O) groups is 3. The summed E-state index contributed by atoms with van der Waals surface area (Å²) in [4.78, 5) is 40.2. The van der Waals surface area contributed by atoms with Gasteiger partial charge in [-0.05, 0) is 43.7 Å². The van der Waals surface area contributed by atoms with Gasteiger partial charge in [-0.15, -0.1) is 0 Å². The van der Waals surface area contributed by atoms with Gasteiger partial charge in [-0.1, -0.05) is 30.3 Å². The Morgan fingerprint density at radius 3 is 1.81 bits per heavy atom. The van der Waals surface area contributed by atoms with Gasteiger partial charge in [0.1, 0.15) is 5.75 Å². The van der Waals surface area contributed by atoms with E-state index >= 15 is 0 Å². The summed E-state index contributed by atoms with van der Waals surface area (Å²) in [6, 6.07) is 15.6. The Balaban J connectivity index is 2.10. The van der Waals surface area contributed by atoms with E-state index in [1.165, 1.54) is 24.4 Å². The zero-order valence-electron chi connectivity index (χ0n) is 18.2. The standard InChI is InChI=1S/C25H25NO6/c1-4-31-24(28)20-15-26(23(27)18-11-13-19(30-3)14-12-18)16-21(25(29)32-5-2)22(20)17-9-7-6-8-10-17/h6-16,22H,4-5H2,1-3H3. The van der Waals surface area contributed by atoms with Gasteiger partial charge in [0.25, 0.3) is 5.91 Å². The Kier molecular flexibility index (Phi) is 7.44. The predicted molar refractivity (Wildman–Crippen MR) is 118 cm³/mol. The van der Waals surface area contributed by atoms with Gasteiger partial charge in [-0.3, -0.25) is 9.69 Å². The molecule has 0 N–H and O–H groups in total. The largest absolute Gasteiger partial charge is 0.497 e. The molecule has 7 nitrogen and oxygen atoms in total. The summed E-state index contributed by atoms with van der Waals surface area (Å²) in [5.74, 6) is -1.75. The lowest BCUT2D eigenvalue weighted by Gasteiger charge is -2.29. The molecule has 0 aromatic heterocycles. The minimum atomic E-state index is -0.728. The van der Waals surface area contributed by atoms with E-state index in [0.717, 1.165) is 0 Å². The maximum Gasteiger partial charge on any atom is 0.336 e. The molecule has 0 bridgehead atoms. The van der Waals surface area contributed by atoms with E-state index in [9.17, 15) is 14.4 Å². The van der Waals surface area contributed by atoms with Crippen LogP contribution in [0.1, 0.15) is 35.7 Å². The van der Waals surface area contributed by atoms with Crippen LogP contribution in [0.4, 0.5) is 0 Å². The molecule has 0 fully saturated rings. The van der Waals surface area contributed by atoms with Crippen molar-refractivity contribution in [2.75, 3.05) is 20.3 Å². The minimum Gasteiger partial charge on any atom is -0.497 e. The Morgan fingerprint density at radius 1 is 0.812 bits per heavy atom. The average Bonchev–Trinajstić information content (AvgIpc) is 2.83. The lowest BCUT2D eigenvalue weighted by molar-refractivity contribution is -0.139. The topological polar surface area (TPSA) is 82.1 Å². The van der Waals surface area contributed by atoms with Crippen molar-refractivity contribution >= 4 is 17.8 Å². The second-order valence-corrected chi connectivity index (χ2v) is 6.89. The third kappa shape index (κ3) is 4.88. The van der Waals surface area contributed by atoms with Crippen molar-refractivity contribution in [3.63, 3.8) is 0 Å². The second kappa shape index (κ2) is 10.4. The van der Waals surface area contributed by atoms with Crippen LogP contribution in [0.3, 0.4) is 0 Å². The van der Waals surface area contributed by atoms with Gasteiger partial charge in [0.05, 0.1) is 37.4 Å². The molecule has 7 heteroatoms. The number of nitrogens with zero attached hydrogens (tertiary/aromatic N) is 1. The maximum absolute atomic E-state index is 13.2. The summed E-state index contributed by atoms with van der Waals surface area (Å²) >= 11 is 0. The van der Waals surface area contributed by atoms with Crippen molar-refractivity contribution in [2.45, 2.75) is 19.8 Å². The molecule has 1 amide bonds. The molecular formula is C25H25NO6. The van der Waals surface area contributed by atoms with Crippen LogP contribution in [0.5, 0.6) is 5.75 Å². The number of rotatable bonds is 7. The van der Waals surface area contributed by atoms with E-state index < -0.39 is 23.8 Å². The zero-order valence-corrected chi connectivity index (χ0v) is 18.2. The Morgan fingerprint density at radius 2 is 1.34 bits per heavy atom. The highest BCUT2D eigenvalue weighted by Gasteiger charge is 2.36. The molecule has 0 atom stereocenters. The summed E-state index contributed by atoms with van der Waals surface area (Å²) in [6.45, 7) is 3.70. The van der Waals surface area contributed by atoms with Crippen molar-refractivity contribution in [1.82, 2.24) is 4.90 Å². The molecular weight excluding hydrogens is 410 g/mol. The van der Waals surface area contributed by atoms with Crippen molar-refractivity contribution in [2.24, 2.45) is 0 Å². The molecule has 2 aromatic carbocycles. The van der Waals surface area contributed by atoms with Crippen LogP contribution in [0, 0.1) is 0 Å². The Hall–Kier alpha value is -3.87. The van der Waals surface area contributed by atoms with E-state index in [1.807, 2.05) is 30.3 Å². The molecule has 0 aliphatic carbocycles. The SMILES string of the molecule is CCOC(=O)C1=CN(C(=O)c2ccc(OC)cc2)C=C(C(=O)OCC)C1c1ccccc1.